The molecule has 0 atom stereocenters. The zero-order chi connectivity index (χ0) is 11.7. The highest BCUT2D eigenvalue weighted by Crippen LogP contribution is 2.24. The van der Waals surface area contributed by atoms with Gasteiger partial charge in [-0.15, -0.1) is 0 Å². The molecule has 2 heterocycles. The van der Waals surface area contributed by atoms with Crippen molar-refractivity contribution in [3.63, 3.8) is 0 Å². The Kier molecular flexibility index (Phi) is 2.84. The van der Waals surface area contributed by atoms with Crippen LogP contribution in [0, 0.1) is 0 Å². The van der Waals surface area contributed by atoms with E-state index in [2.05, 4.69) is 20.8 Å². The number of hydrogen-bond acceptors (Lipinski definition) is 3. The number of carbonyl (C=O) groups is 1. The lowest BCUT2D eigenvalue weighted by atomic mass is 9.94. The monoisotopic (exact) mass is 234 g/mol. The second-order valence-electron chi connectivity index (χ2n) is 4.98. The van der Waals surface area contributed by atoms with E-state index in [9.17, 15) is 4.79 Å². The molecule has 0 spiro atoms. The van der Waals surface area contributed by atoms with Crippen molar-refractivity contribution in [1.82, 2.24) is 20.8 Å². The summed E-state index contributed by atoms with van der Waals surface area (Å²) in [6.45, 7) is 2.10. The van der Waals surface area contributed by atoms with Gasteiger partial charge in [-0.25, -0.2) is 0 Å². The summed E-state index contributed by atoms with van der Waals surface area (Å²) in [6, 6.07) is 2.30. The molecule has 92 valence electrons. The van der Waals surface area contributed by atoms with E-state index in [0.717, 1.165) is 44.5 Å². The molecule has 5 heteroatoms. The van der Waals surface area contributed by atoms with E-state index in [1.807, 2.05) is 6.07 Å². The fourth-order valence-corrected chi connectivity index (χ4v) is 2.28. The standard InChI is InChI=1S/C12H18N4O/c17-12(14-9-1-2-9)11-7-10(15-16-11)8-3-5-13-6-4-8/h7-9,13H,1-6H2,(H,14,17)(H,15,16). The Morgan fingerprint density at radius 1 is 1.29 bits per heavy atom. The van der Waals surface area contributed by atoms with Crippen LogP contribution in [0.1, 0.15) is 47.8 Å². The van der Waals surface area contributed by atoms with E-state index in [-0.39, 0.29) is 5.91 Å². The third kappa shape index (κ3) is 2.49. The molecule has 3 rings (SSSR count). The largest absolute Gasteiger partial charge is 0.348 e. The van der Waals surface area contributed by atoms with E-state index < -0.39 is 0 Å². The van der Waals surface area contributed by atoms with Crippen molar-refractivity contribution in [3.05, 3.63) is 17.5 Å². The normalized spacial score (nSPS) is 21.4. The van der Waals surface area contributed by atoms with Crippen LogP contribution in [0.15, 0.2) is 6.07 Å². The molecular formula is C12H18N4O. The molecule has 2 aliphatic rings. The number of hydrogen-bond donors (Lipinski definition) is 3. The highest BCUT2D eigenvalue weighted by atomic mass is 16.2. The van der Waals surface area contributed by atoms with Crippen molar-refractivity contribution in [3.8, 4) is 0 Å². The summed E-state index contributed by atoms with van der Waals surface area (Å²) in [7, 11) is 0. The van der Waals surface area contributed by atoms with Crippen molar-refractivity contribution in [2.24, 2.45) is 0 Å². The first-order valence-corrected chi connectivity index (χ1v) is 6.40. The van der Waals surface area contributed by atoms with Gasteiger partial charge in [0.25, 0.3) is 5.91 Å². The van der Waals surface area contributed by atoms with Gasteiger partial charge < -0.3 is 10.6 Å². The maximum atomic E-state index is 11.8. The first-order chi connectivity index (χ1) is 8.33. The number of H-pyrrole nitrogens is 1. The Labute approximate surface area is 100 Å². The van der Waals surface area contributed by atoms with E-state index >= 15 is 0 Å². The molecule has 0 radical (unpaired) electrons. The van der Waals surface area contributed by atoms with Crippen LogP contribution >= 0.6 is 0 Å². The smallest absolute Gasteiger partial charge is 0.271 e. The van der Waals surface area contributed by atoms with Crippen molar-refractivity contribution < 1.29 is 4.79 Å². The van der Waals surface area contributed by atoms with Gasteiger partial charge in [-0.2, -0.15) is 5.10 Å². The van der Waals surface area contributed by atoms with Crippen LogP contribution in [0.5, 0.6) is 0 Å². The third-order valence-corrected chi connectivity index (χ3v) is 3.52. The summed E-state index contributed by atoms with van der Waals surface area (Å²) in [6.07, 6.45) is 4.45. The Balaban J connectivity index is 1.65. The van der Waals surface area contributed by atoms with Crippen molar-refractivity contribution in [2.45, 2.75) is 37.6 Å². The van der Waals surface area contributed by atoms with Gasteiger partial charge >= 0.3 is 0 Å². The summed E-state index contributed by atoms with van der Waals surface area (Å²) in [5.74, 6) is 0.482. The van der Waals surface area contributed by atoms with Crippen LogP contribution < -0.4 is 10.6 Å². The number of amides is 1. The van der Waals surface area contributed by atoms with E-state index in [4.69, 9.17) is 0 Å². The minimum Gasteiger partial charge on any atom is -0.348 e. The van der Waals surface area contributed by atoms with Gasteiger partial charge in [-0.05, 0) is 44.8 Å². The van der Waals surface area contributed by atoms with Gasteiger partial charge in [0, 0.05) is 17.7 Å². The fourth-order valence-electron chi connectivity index (χ4n) is 2.28. The maximum absolute atomic E-state index is 11.8. The van der Waals surface area contributed by atoms with Crippen LogP contribution in [-0.4, -0.2) is 35.2 Å². The topological polar surface area (TPSA) is 69.8 Å². The van der Waals surface area contributed by atoms with Crippen LogP contribution in [0.2, 0.25) is 0 Å². The molecular weight excluding hydrogens is 216 g/mol. The Bertz CT molecular complexity index is 404. The number of piperidine rings is 1. The van der Waals surface area contributed by atoms with Gasteiger partial charge in [0.15, 0.2) is 0 Å². The minimum atomic E-state index is -0.0380. The number of nitrogens with one attached hydrogen (secondary N) is 3. The maximum Gasteiger partial charge on any atom is 0.271 e. The zero-order valence-corrected chi connectivity index (χ0v) is 9.83. The molecule has 1 aromatic heterocycles. The molecule has 0 aromatic carbocycles. The summed E-state index contributed by atoms with van der Waals surface area (Å²) >= 11 is 0. The molecule has 5 nitrogen and oxygen atoms in total. The zero-order valence-electron chi connectivity index (χ0n) is 9.83. The molecule has 0 unspecified atom stereocenters. The van der Waals surface area contributed by atoms with Crippen LogP contribution in [-0.2, 0) is 0 Å². The number of aromatic amines is 1. The highest BCUT2D eigenvalue weighted by molar-refractivity contribution is 5.92. The van der Waals surface area contributed by atoms with E-state index in [1.54, 1.807) is 0 Å². The lowest BCUT2D eigenvalue weighted by Crippen LogP contribution is -2.27. The quantitative estimate of drug-likeness (QED) is 0.723. The minimum absolute atomic E-state index is 0.0380. The van der Waals surface area contributed by atoms with Crippen molar-refractivity contribution in [2.75, 3.05) is 13.1 Å². The highest BCUT2D eigenvalue weighted by Gasteiger charge is 2.25. The molecule has 1 aliphatic heterocycles. The number of rotatable bonds is 3. The van der Waals surface area contributed by atoms with Gasteiger partial charge in [0.2, 0.25) is 0 Å². The number of nitrogens with zero attached hydrogens (tertiary/aromatic N) is 1. The van der Waals surface area contributed by atoms with Crippen LogP contribution in [0.3, 0.4) is 0 Å². The summed E-state index contributed by atoms with van der Waals surface area (Å²) in [4.78, 5) is 11.8. The van der Waals surface area contributed by atoms with E-state index in [0.29, 0.717) is 17.7 Å². The molecule has 17 heavy (non-hydrogen) atoms. The van der Waals surface area contributed by atoms with Gasteiger partial charge in [0.05, 0.1) is 0 Å². The summed E-state index contributed by atoms with van der Waals surface area (Å²) in [5, 5.41) is 13.4. The van der Waals surface area contributed by atoms with Gasteiger partial charge in [-0.1, -0.05) is 0 Å². The predicted molar refractivity (Wildman–Crippen MR) is 63.9 cm³/mol. The fraction of sp³-hybridized carbons (Fsp3) is 0.667. The molecule has 1 aromatic rings. The number of carbonyl (C=O) groups excluding carboxylic acids is 1. The van der Waals surface area contributed by atoms with Crippen molar-refractivity contribution in [1.29, 1.82) is 0 Å². The molecule has 2 fully saturated rings. The van der Waals surface area contributed by atoms with Gasteiger partial charge in [0.1, 0.15) is 5.69 Å². The first kappa shape index (κ1) is 10.8. The van der Waals surface area contributed by atoms with E-state index in [1.165, 1.54) is 0 Å². The average Bonchev–Trinajstić information content (AvgIpc) is 3.04. The second-order valence-corrected chi connectivity index (χ2v) is 4.98. The van der Waals surface area contributed by atoms with Crippen LogP contribution in [0.4, 0.5) is 0 Å². The third-order valence-electron chi connectivity index (χ3n) is 3.52. The lowest BCUT2D eigenvalue weighted by molar-refractivity contribution is 0.0946. The summed E-state index contributed by atoms with van der Waals surface area (Å²) < 4.78 is 0. The van der Waals surface area contributed by atoms with Crippen molar-refractivity contribution >= 4 is 5.91 Å². The molecule has 0 bridgehead atoms. The average molecular weight is 234 g/mol. The molecule has 1 amide bonds. The SMILES string of the molecule is O=C(NC1CC1)c1cc(C2CCNCC2)[nH]n1. The second kappa shape index (κ2) is 4.49. The lowest BCUT2D eigenvalue weighted by Gasteiger charge is -2.20. The summed E-state index contributed by atoms with van der Waals surface area (Å²) in [5.41, 5.74) is 1.64. The van der Waals surface area contributed by atoms with Gasteiger partial charge in [-0.3, -0.25) is 9.89 Å². The Hall–Kier alpha value is -1.36. The molecule has 1 saturated heterocycles. The molecule has 1 saturated carbocycles. The number of aromatic nitrogens is 2. The van der Waals surface area contributed by atoms with Crippen LogP contribution in [0.25, 0.3) is 0 Å². The molecule has 3 N–H and O–H groups in total. The molecule has 1 aliphatic carbocycles. The Morgan fingerprint density at radius 2 is 2.06 bits per heavy atom. The first-order valence-electron chi connectivity index (χ1n) is 6.40. The predicted octanol–water partition coefficient (Wildman–Crippen LogP) is 0.769. The Morgan fingerprint density at radius 3 is 2.76 bits per heavy atom.